The Bertz CT molecular complexity index is 663. The van der Waals surface area contributed by atoms with Gasteiger partial charge in [0.25, 0.3) is 0 Å². The number of amides is 2. The van der Waals surface area contributed by atoms with E-state index in [2.05, 4.69) is 32.7 Å². The number of nitrogens with one attached hydrogen (secondary N) is 2. The van der Waals surface area contributed by atoms with Crippen molar-refractivity contribution in [1.29, 1.82) is 0 Å². The van der Waals surface area contributed by atoms with Crippen LogP contribution in [0.3, 0.4) is 0 Å². The highest BCUT2D eigenvalue weighted by atomic mass is 16.5. The summed E-state index contributed by atoms with van der Waals surface area (Å²) in [5, 5.41) is 10.2. The van der Waals surface area contributed by atoms with Gasteiger partial charge in [-0.05, 0) is 24.7 Å². The van der Waals surface area contributed by atoms with E-state index in [0.717, 1.165) is 25.7 Å². The van der Waals surface area contributed by atoms with Crippen LogP contribution in [0.4, 0.5) is 11.9 Å². The number of hydrogen-bond acceptors (Lipinski definition) is 8. The van der Waals surface area contributed by atoms with Crippen molar-refractivity contribution in [2.75, 3.05) is 31.0 Å². The number of carbonyl (C=O) groups excluding carboxylic acids is 2. The van der Waals surface area contributed by atoms with Gasteiger partial charge in [0.05, 0.1) is 12.5 Å². The molecule has 10 nitrogen and oxygen atoms in total. The van der Waals surface area contributed by atoms with Crippen LogP contribution in [0.2, 0.25) is 0 Å². The Morgan fingerprint density at radius 3 is 2.50 bits per heavy atom. The van der Waals surface area contributed by atoms with Crippen LogP contribution in [-0.2, 0) is 16.0 Å². The summed E-state index contributed by atoms with van der Waals surface area (Å²) in [5.74, 6) is 1.27. The third-order valence-corrected chi connectivity index (χ3v) is 5.16. The van der Waals surface area contributed by atoms with Gasteiger partial charge in [-0.25, -0.2) is 5.06 Å². The van der Waals surface area contributed by atoms with Gasteiger partial charge in [0.2, 0.25) is 24.2 Å². The monoisotopic (exact) mass is 393 g/mol. The zero-order chi connectivity index (χ0) is 20.7. The summed E-state index contributed by atoms with van der Waals surface area (Å²) in [5.41, 5.74) is 5.40. The van der Waals surface area contributed by atoms with Crippen LogP contribution in [-0.4, -0.2) is 58.2 Å². The van der Waals surface area contributed by atoms with Crippen molar-refractivity contribution in [2.45, 2.75) is 46.0 Å². The number of anilines is 2. The van der Waals surface area contributed by atoms with E-state index in [1.807, 2.05) is 21.0 Å². The molecule has 0 radical (unpaired) electrons. The number of hydrazine groups is 1. The average Bonchev–Trinajstić information content (AvgIpc) is 2.70. The lowest BCUT2D eigenvalue weighted by Gasteiger charge is -2.32. The molecule has 2 amide bonds. The number of hydroxylamine groups is 2. The van der Waals surface area contributed by atoms with Gasteiger partial charge < -0.3 is 4.90 Å². The van der Waals surface area contributed by atoms with E-state index in [9.17, 15) is 14.8 Å². The molecule has 1 fully saturated rings. The van der Waals surface area contributed by atoms with Crippen molar-refractivity contribution < 1.29 is 14.8 Å². The fourth-order valence-corrected chi connectivity index (χ4v) is 3.41. The van der Waals surface area contributed by atoms with Gasteiger partial charge in [0, 0.05) is 20.5 Å². The predicted molar refractivity (Wildman–Crippen MR) is 104 cm³/mol. The van der Waals surface area contributed by atoms with E-state index < -0.39 is 5.92 Å². The quantitative estimate of drug-likeness (QED) is 0.325. The molecule has 0 saturated heterocycles. The van der Waals surface area contributed by atoms with Crippen LogP contribution in [0, 0.1) is 17.8 Å². The van der Waals surface area contributed by atoms with Gasteiger partial charge in [-0.15, -0.1) is 0 Å². The highest BCUT2D eigenvalue weighted by Gasteiger charge is 2.32. The Morgan fingerprint density at radius 2 is 1.93 bits per heavy atom. The molecule has 1 aromatic rings. The first-order valence-electron chi connectivity index (χ1n) is 9.73. The molecule has 0 spiro atoms. The Labute approximate surface area is 165 Å². The van der Waals surface area contributed by atoms with Crippen LogP contribution < -0.4 is 15.8 Å². The molecule has 1 atom stereocenters. The molecule has 2 rings (SSSR count). The van der Waals surface area contributed by atoms with Gasteiger partial charge in [-0.3, -0.25) is 25.6 Å². The highest BCUT2D eigenvalue weighted by molar-refractivity contribution is 5.80. The van der Waals surface area contributed by atoms with Crippen LogP contribution in [0.5, 0.6) is 0 Å². The molecule has 1 unspecified atom stereocenters. The maximum Gasteiger partial charge on any atom is 0.246 e. The maximum absolute atomic E-state index is 12.8. The first-order chi connectivity index (χ1) is 13.3. The third-order valence-electron chi connectivity index (χ3n) is 5.16. The third kappa shape index (κ3) is 6.01. The lowest BCUT2D eigenvalue weighted by atomic mass is 9.76. The van der Waals surface area contributed by atoms with E-state index in [0.29, 0.717) is 35.6 Å². The van der Waals surface area contributed by atoms with Gasteiger partial charge in [-0.2, -0.15) is 15.0 Å². The second-order valence-corrected chi connectivity index (χ2v) is 7.59. The molecule has 1 heterocycles. The largest absolute Gasteiger partial charge is 0.347 e. The maximum atomic E-state index is 12.8. The molecule has 1 aromatic heterocycles. The molecule has 10 heteroatoms. The molecular weight excluding hydrogens is 362 g/mol. The Hall–Kier alpha value is -2.49. The van der Waals surface area contributed by atoms with E-state index in [1.165, 1.54) is 0 Å². The molecule has 28 heavy (non-hydrogen) atoms. The second kappa shape index (κ2) is 10.2. The Balaban J connectivity index is 2.08. The van der Waals surface area contributed by atoms with Crippen molar-refractivity contribution >= 4 is 24.2 Å². The zero-order valence-corrected chi connectivity index (χ0v) is 17.1. The molecular formula is C18H31N7O3. The van der Waals surface area contributed by atoms with Gasteiger partial charge in [0.1, 0.15) is 5.82 Å². The topological polar surface area (TPSA) is 124 Å². The molecule has 0 bridgehead atoms. The summed E-state index contributed by atoms with van der Waals surface area (Å²) in [6.45, 7) is 4.09. The molecule has 1 saturated carbocycles. The Kier molecular flexibility index (Phi) is 7.91. The predicted octanol–water partition coefficient (Wildman–Crippen LogP) is 1.23. The summed E-state index contributed by atoms with van der Waals surface area (Å²) in [7, 11) is 3.65. The van der Waals surface area contributed by atoms with E-state index in [1.54, 1.807) is 4.90 Å². The fraction of sp³-hybridized carbons (Fsp3) is 0.722. The van der Waals surface area contributed by atoms with Crippen LogP contribution in [0.15, 0.2) is 0 Å². The van der Waals surface area contributed by atoms with Crippen LogP contribution in [0.25, 0.3) is 0 Å². The lowest BCUT2D eigenvalue weighted by molar-refractivity contribution is -0.156. The van der Waals surface area contributed by atoms with E-state index >= 15 is 0 Å². The van der Waals surface area contributed by atoms with Crippen LogP contribution in [0.1, 0.15) is 45.4 Å². The highest BCUT2D eigenvalue weighted by Crippen LogP contribution is 2.33. The molecule has 1 aliphatic carbocycles. The first kappa shape index (κ1) is 21.8. The van der Waals surface area contributed by atoms with Crippen molar-refractivity contribution in [3.63, 3.8) is 0 Å². The minimum atomic E-state index is -0.518. The molecule has 156 valence electrons. The molecule has 3 N–H and O–H groups in total. The minimum absolute atomic E-state index is 0.0452. The molecule has 0 aromatic carbocycles. The van der Waals surface area contributed by atoms with Crippen molar-refractivity contribution in [3.8, 4) is 0 Å². The SMILES string of the molecule is CCc1nc(NNC(=O)C(CN(O)C=O)C2CCC(C)CC2)nc(N(C)C)n1. The lowest BCUT2D eigenvalue weighted by Crippen LogP contribution is -2.44. The summed E-state index contributed by atoms with van der Waals surface area (Å²) in [6, 6.07) is 0. The van der Waals surface area contributed by atoms with Gasteiger partial charge >= 0.3 is 0 Å². The Morgan fingerprint density at radius 1 is 1.25 bits per heavy atom. The van der Waals surface area contributed by atoms with Gasteiger partial charge in [-0.1, -0.05) is 26.7 Å². The van der Waals surface area contributed by atoms with Gasteiger partial charge in [0.15, 0.2) is 0 Å². The average molecular weight is 393 g/mol. The van der Waals surface area contributed by atoms with Crippen LogP contribution >= 0.6 is 0 Å². The van der Waals surface area contributed by atoms with E-state index in [-0.39, 0.29) is 24.3 Å². The normalized spacial score (nSPS) is 20.2. The van der Waals surface area contributed by atoms with Crippen molar-refractivity contribution in [2.24, 2.45) is 17.8 Å². The standard InChI is InChI=1S/C18H31N7O3/c1-5-15-19-17(21-18(20-15)24(3)4)23-22-16(27)14(10-25(28)11-26)13-8-6-12(2)7-9-13/h11-14,28H,5-10H2,1-4H3,(H,22,27)(H,19,20,21,23). The summed E-state index contributed by atoms with van der Waals surface area (Å²) >= 11 is 0. The number of aromatic nitrogens is 3. The minimum Gasteiger partial charge on any atom is -0.347 e. The summed E-state index contributed by atoms with van der Waals surface area (Å²) < 4.78 is 0. The van der Waals surface area contributed by atoms with E-state index in [4.69, 9.17) is 0 Å². The first-order valence-corrected chi connectivity index (χ1v) is 9.73. The summed E-state index contributed by atoms with van der Waals surface area (Å²) in [6.07, 6.45) is 4.81. The number of rotatable bonds is 9. The number of aryl methyl sites for hydroxylation is 1. The smallest absolute Gasteiger partial charge is 0.246 e. The number of nitrogens with zero attached hydrogens (tertiary/aromatic N) is 5. The number of carbonyl (C=O) groups is 2. The fourth-order valence-electron chi connectivity index (χ4n) is 3.41. The number of hydrogen-bond donors (Lipinski definition) is 3. The van der Waals surface area contributed by atoms with Crippen molar-refractivity contribution in [1.82, 2.24) is 25.4 Å². The second-order valence-electron chi connectivity index (χ2n) is 7.59. The zero-order valence-electron chi connectivity index (χ0n) is 17.1. The van der Waals surface area contributed by atoms with Crippen molar-refractivity contribution in [3.05, 3.63) is 5.82 Å². The molecule has 0 aliphatic heterocycles. The molecule has 1 aliphatic rings. The summed E-state index contributed by atoms with van der Waals surface area (Å²) in [4.78, 5) is 38.3.